The maximum atomic E-state index is 4.94. The number of pyridine rings is 1. The Balaban J connectivity index is 2.12. The van der Waals surface area contributed by atoms with Crippen LogP contribution in [0, 0.1) is 0 Å². The van der Waals surface area contributed by atoms with Gasteiger partial charge in [0.05, 0.1) is 17.3 Å². The van der Waals surface area contributed by atoms with Gasteiger partial charge in [-0.25, -0.2) is 4.98 Å². The summed E-state index contributed by atoms with van der Waals surface area (Å²) in [5, 5.41) is 3.48. The van der Waals surface area contributed by atoms with Crippen LogP contribution in [0.2, 0.25) is 0 Å². The van der Waals surface area contributed by atoms with E-state index in [0.717, 1.165) is 25.5 Å². The van der Waals surface area contributed by atoms with Gasteiger partial charge in [0.25, 0.3) is 0 Å². The van der Waals surface area contributed by atoms with Crippen LogP contribution >= 0.6 is 0 Å². The summed E-state index contributed by atoms with van der Waals surface area (Å²) in [6, 6.07) is 6.73. The molecule has 2 aromatic heterocycles. The summed E-state index contributed by atoms with van der Waals surface area (Å²) in [6.07, 6.45) is 2.12. The fourth-order valence-electron chi connectivity index (χ4n) is 2.85. The van der Waals surface area contributed by atoms with Crippen LogP contribution in [0.15, 0.2) is 24.4 Å². The average Bonchev–Trinajstić information content (AvgIpc) is 2.79. The van der Waals surface area contributed by atoms with Gasteiger partial charge in [-0.3, -0.25) is 4.90 Å². The lowest BCUT2D eigenvalue weighted by molar-refractivity contribution is 0.200. The minimum absolute atomic E-state index is 0.374. The number of nitrogens with zero attached hydrogens (tertiary/aromatic N) is 3. The van der Waals surface area contributed by atoms with E-state index in [1.165, 1.54) is 11.2 Å². The van der Waals surface area contributed by atoms with Crippen LogP contribution in [0.1, 0.15) is 37.3 Å². The van der Waals surface area contributed by atoms with Crippen LogP contribution in [0.3, 0.4) is 0 Å². The first-order valence-corrected chi connectivity index (χ1v) is 7.06. The first-order chi connectivity index (χ1) is 9.18. The van der Waals surface area contributed by atoms with Gasteiger partial charge in [-0.1, -0.05) is 19.9 Å². The normalized spacial score (nSPS) is 21.4. The highest BCUT2D eigenvalue weighted by molar-refractivity contribution is 5.55. The van der Waals surface area contributed by atoms with Crippen LogP contribution in [0.25, 0.3) is 5.52 Å². The van der Waals surface area contributed by atoms with E-state index in [2.05, 4.69) is 59.9 Å². The molecule has 1 unspecified atom stereocenters. The minimum atomic E-state index is 0.374. The SMILES string of the molecule is CC(C)c1nc(C2CNCCN2C)c2ccccn12. The number of hydrogen-bond donors (Lipinski definition) is 1. The molecule has 3 heterocycles. The Morgan fingerprint density at radius 2 is 2.21 bits per heavy atom. The number of likely N-dealkylation sites (N-methyl/N-ethyl adjacent to an activating group) is 1. The molecule has 0 saturated carbocycles. The van der Waals surface area contributed by atoms with E-state index < -0.39 is 0 Å². The maximum Gasteiger partial charge on any atom is 0.116 e. The Morgan fingerprint density at radius 3 is 2.95 bits per heavy atom. The zero-order valence-corrected chi connectivity index (χ0v) is 11.9. The van der Waals surface area contributed by atoms with Gasteiger partial charge in [-0.15, -0.1) is 0 Å². The van der Waals surface area contributed by atoms with Crippen LogP contribution in [0.4, 0.5) is 0 Å². The van der Waals surface area contributed by atoms with Crippen molar-refractivity contribution in [1.29, 1.82) is 0 Å². The molecular formula is C15H22N4. The van der Waals surface area contributed by atoms with Crippen LogP contribution in [-0.4, -0.2) is 41.0 Å². The van der Waals surface area contributed by atoms with Crippen molar-refractivity contribution in [2.24, 2.45) is 0 Å². The van der Waals surface area contributed by atoms with Crippen molar-refractivity contribution in [3.8, 4) is 0 Å². The van der Waals surface area contributed by atoms with Gasteiger partial charge in [0, 0.05) is 31.7 Å². The first-order valence-electron chi connectivity index (χ1n) is 7.06. The Labute approximate surface area is 114 Å². The smallest absolute Gasteiger partial charge is 0.116 e. The van der Waals surface area contributed by atoms with E-state index in [1.807, 2.05) is 0 Å². The van der Waals surface area contributed by atoms with E-state index >= 15 is 0 Å². The number of fused-ring (bicyclic) bond motifs is 1. The molecule has 0 spiro atoms. The highest BCUT2D eigenvalue weighted by atomic mass is 15.2. The number of nitrogens with one attached hydrogen (secondary N) is 1. The van der Waals surface area contributed by atoms with Crippen molar-refractivity contribution in [2.45, 2.75) is 25.8 Å². The van der Waals surface area contributed by atoms with E-state index in [1.54, 1.807) is 0 Å². The van der Waals surface area contributed by atoms with Gasteiger partial charge < -0.3 is 9.72 Å². The van der Waals surface area contributed by atoms with Gasteiger partial charge in [0.2, 0.25) is 0 Å². The van der Waals surface area contributed by atoms with Gasteiger partial charge in [-0.2, -0.15) is 0 Å². The lowest BCUT2D eigenvalue weighted by Gasteiger charge is -2.32. The van der Waals surface area contributed by atoms with E-state index in [9.17, 15) is 0 Å². The molecule has 1 aliphatic rings. The van der Waals surface area contributed by atoms with Crippen molar-refractivity contribution < 1.29 is 0 Å². The predicted molar refractivity (Wildman–Crippen MR) is 77.5 cm³/mol. The van der Waals surface area contributed by atoms with Gasteiger partial charge >= 0.3 is 0 Å². The topological polar surface area (TPSA) is 32.6 Å². The molecule has 102 valence electrons. The Bertz CT molecular complexity index is 573. The Hall–Kier alpha value is -1.39. The van der Waals surface area contributed by atoms with E-state index in [0.29, 0.717) is 12.0 Å². The summed E-state index contributed by atoms with van der Waals surface area (Å²) in [7, 11) is 2.19. The third-order valence-corrected chi connectivity index (χ3v) is 3.95. The zero-order chi connectivity index (χ0) is 13.4. The zero-order valence-electron chi connectivity index (χ0n) is 11.9. The average molecular weight is 258 g/mol. The summed E-state index contributed by atoms with van der Waals surface area (Å²) >= 11 is 0. The molecule has 3 rings (SSSR count). The minimum Gasteiger partial charge on any atom is -0.313 e. The van der Waals surface area contributed by atoms with Gasteiger partial charge in [0.15, 0.2) is 0 Å². The second kappa shape index (κ2) is 4.94. The molecule has 1 atom stereocenters. The highest BCUT2D eigenvalue weighted by Gasteiger charge is 2.26. The largest absolute Gasteiger partial charge is 0.313 e. The van der Waals surface area contributed by atoms with E-state index in [-0.39, 0.29) is 0 Å². The monoisotopic (exact) mass is 258 g/mol. The maximum absolute atomic E-state index is 4.94. The summed E-state index contributed by atoms with van der Waals surface area (Å²) in [6.45, 7) is 7.53. The third-order valence-electron chi connectivity index (χ3n) is 3.95. The van der Waals surface area contributed by atoms with Crippen molar-refractivity contribution in [2.75, 3.05) is 26.7 Å². The first kappa shape index (κ1) is 12.6. The Morgan fingerprint density at radius 1 is 1.37 bits per heavy atom. The molecule has 0 radical (unpaired) electrons. The molecule has 0 aromatic carbocycles. The number of hydrogen-bond acceptors (Lipinski definition) is 3. The van der Waals surface area contributed by atoms with Gasteiger partial charge in [0.1, 0.15) is 5.82 Å². The molecule has 1 aliphatic heterocycles. The Kier molecular flexibility index (Phi) is 3.29. The highest BCUT2D eigenvalue weighted by Crippen LogP contribution is 2.27. The molecule has 2 aromatic rings. The standard InChI is InChI=1S/C15H22N4/c1-11(2)15-17-14(12-6-4-5-8-19(12)15)13-10-16-7-9-18(13)3/h4-6,8,11,13,16H,7,9-10H2,1-3H3. The molecular weight excluding hydrogens is 236 g/mol. The number of piperazine rings is 1. The fraction of sp³-hybridized carbons (Fsp3) is 0.533. The summed E-state index contributed by atoms with van der Waals surface area (Å²) < 4.78 is 2.24. The lowest BCUT2D eigenvalue weighted by atomic mass is 10.1. The molecule has 4 nitrogen and oxygen atoms in total. The summed E-state index contributed by atoms with van der Waals surface area (Å²) in [5.41, 5.74) is 2.45. The third kappa shape index (κ3) is 2.15. The number of rotatable bonds is 2. The van der Waals surface area contributed by atoms with Crippen molar-refractivity contribution >= 4 is 5.52 Å². The second-order valence-electron chi connectivity index (χ2n) is 5.67. The number of aromatic nitrogens is 2. The molecule has 4 heteroatoms. The van der Waals surface area contributed by atoms with Crippen molar-refractivity contribution in [3.63, 3.8) is 0 Å². The quantitative estimate of drug-likeness (QED) is 0.894. The van der Waals surface area contributed by atoms with Crippen molar-refractivity contribution in [3.05, 3.63) is 35.9 Å². The van der Waals surface area contributed by atoms with Gasteiger partial charge in [-0.05, 0) is 19.2 Å². The van der Waals surface area contributed by atoms with Crippen LogP contribution in [-0.2, 0) is 0 Å². The second-order valence-corrected chi connectivity index (χ2v) is 5.67. The molecule has 19 heavy (non-hydrogen) atoms. The predicted octanol–water partition coefficient (Wildman–Crippen LogP) is 2.03. The van der Waals surface area contributed by atoms with Crippen molar-refractivity contribution in [1.82, 2.24) is 19.6 Å². The molecule has 0 amide bonds. The lowest BCUT2D eigenvalue weighted by Crippen LogP contribution is -2.44. The van der Waals surface area contributed by atoms with Crippen LogP contribution < -0.4 is 5.32 Å². The summed E-state index contributed by atoms with van der Waals surface area (Å²) in [5.74, 6) is 1.59. The fourth-order valence-corrected chi connectivity index (χ4v) is 2.85. The van der Waals surface area contributed by atoms with E-state index in [4.69, 9.17) is 4.98 Å². The molecule has 1 fully saturated rings. The number of imidazole rings is 1. The molecule has 0 aliphatic carbocycles. The molecule has 1 N–H and O–H groups in total. The molecule has 1 saturated heterocycles. The summed E-state index contributed by atoms with van der Waals surface area (Å²) in [4.78, 5) is 7.34. The molecule has 0 bridgehead atoms. The van der Waals surface area contributed by atoms with Crippen LogP contribution in [0.5, 0.6) is 0 Å².